The molecular weight excluding hydrogens is 116 g/mol. The molecule has 0 aromatic heterocycles. The molecule has 0 amide bonds. The lowest BCUT2D eigenvalue weighted by Crippen LogP contribution is -2.13. The molecule has 0 radical (unpaired) electrons. The van der Waals surface area contributed by atoms with Gasteiger partial charge < -0.3 is 5.73 Å². The van der Waals surface area contributed by atoms with Crippen LogP contribution in [0.1, 0.15) is 6.42 Å². The first kappa shape index (κ1) is 7.45. The van der Waals surface area contributed by atoms with E-state index >= 15 is 0 Å². The quantitative estimate of drug-likeness (QED) is 0.397. The SMILES string of the molecule is N#CC(C#N)CC(=N)N. The molecule has 0 fully saturated rings. The van der Waals surface area contributed by atoms with Crippen molar-refractivity contribution in [2.45, 2.75) is 6.42 Å². The van der Waals surface area contributed by atoms with E-state index in [-0.39, 0.29) is 12.3 Å². The van der Waals surface area contributed by atoms with E-state index in [1.807, 2.05) is 0 Å². The minimum atomic E-state index is -0.762. The zero-order valence-electron chi connectivity index (χ0n) is 4.76. The summed E-state index contributed by atoms with van der Waals surface area (Å²) in [4.78, 5) is 0. The molecule has 9 heavy (non-hydrogen) atoms. The van der Waals surface area contributed by atoms with Gasteiger partial charge in [-0.2, -0.15) is 10.5 Å². The molecule has 0 aliphatic carbocycles. The smallest absolute Gasteiger partial charge is 0.140 e. The number of nitrogens with zero attached hydrogens (tertiary/aromatic N) is 2. The molecule has 4 heteroatoms. The molecule has 0 heterocycles. The van der Waals surface area contributed by atoms with E-state index in [2.05, 4.69) is 0 Å². The lowest BCUT2D eigenvalue weighted by atomic mass is 10.1. The Bertz CT molecular complexity index is 168. The van der Waals surface area contributed by atoms with Crippen molar-refractivity contribution in [2.75, 3.05) is 0 Å². The van der Waals surface area contributed by atoms with Crippen molar-refractivity contribution >= 4 is 5.84 Å². The maximum atomic E-state index is 8.15. The number of nitrogens with two attached hydrogens (primary N) is 1. The summed E-state index contributed by atoms with van der Waals surface area (Å²) in [6.45, 7) is 0. The summed E-state index contributed by atoms with van der Waals surface area (Å²) >= 11 is 0. The van der Waals surface area contributed by atoms with Gasteiger partial charge in [0.1, 0.15) is 5.92 Å². The summed E-state index contributed by atoms with van der Waals surface area (Å²) in [6, 6.07) is 3.40. The molecule has 0 aromatic rings. The van der Waals surface area contributed by atoms with Crippen LogP contribution >= 0.6 is 0 Å². The third-order valence-electron chi connectivity index (χ3n) is 0.736. The second-order valence-electron chi connectivity index (χ2n) is 1.54. The number of amidine groups is 1. The van der Waals surface area contributed by atoms with Crippen molar-refractivity contribution < 1.29 is 0 Å². The van der Waals surface area contributed by atoms with Crippen LogP contribution in [0, 0.1) is 34.0 Å². The largest absolute Gasteiger partial charge is 0.388 e. The van der Waals surface area contributed by atoms with Crippen LogP contribution in [0.15, 0.2) is 0 Å². The van der Waals surface area contributed by atoms with Crippen LogP contribution in [0.25, 0.3) is 0 Å². The fraction of sp³-hybridized carbons (Fsp3) is 0.400. The molecule has 0 aliphatic heterocycles. The van der Waals surface area contributed by atoms with Crippen molar-refractivity contribution in [3.05, 3.63) is 0 Å². The topological polar surface area (TPSA) is 97.5 Å². The Hall–Kier alpha value is -1.55. The highest BCUT2D eigenvalue weighted by molar-refractivity contribution is 5.77. The summed E-state index contributed by atoms with van der Waals surface area (Å²) in [5.41, 5.74) is 4.93. The average Bonchev–Trinajstić information content (AvgIpc) is 1.82. The third kappa shape index (κ3) is 3.07. The minimum absolute atomic E-state index is 0.0486. The molecule has 46 valence electrons. The Kier molecular flexibility index (Phi) is 2.86. The summed E-state index contributed by atoms with van der Waals surface area (Å²) in [6.07, 6.45) is 0.0486. The van der Waals surface area contributed by atoms with Crippen LogP contribution in [0.4, 0.5) is 0 Å². The average molecular weight is 122 g/mol. The van der Waals surface area contributed by atoms with Crippen molar-refractivity contribution in [2.24, 2.45) is 11.7 Å². The summed E-state index contributed by atoms with van der Waals surface area (Å²) in [5.74, 6) is -0.884. The third-order valence-corrected chi connectivity index (χ3v) is 0.736. The predicted octanol–water partition coefficient (Wildman–Crippen LogP) is -0.0242. The zero-order chi connectivity index (χ0) is 7.28. The van der Waals surface area contributed by atoms with E-state index < -0.39 is 5.92 Å². The molecule has 0 bridgehead atoms. The van der Waals surface area contributed by atoms with E-state index in [1.165, 1.54) is 0 Å². The van der Waals surface area contributed by atoms with Crippen LogP contribution in [0.3, 0.4) is 0 Å². The van der Waals surface area contributed by atoms with Crippen molar-refractivity contribution in [1.29, 1.82) is 15.9 Å². The summed E-state index contributed by atoms with van der Waals surface area (Å²) < 4.78 is 0. The van der Waals surface area contributed by atoms with Gasteiger partial charge in [-0.3, -0.25) is 5.41 Å². The Morgan fingerprint density at radius 2 is 2.00 bits per heavy atom. The molecule has 0 spiro atoms. The maximum absolute atomic E-state index is 8.15. The van der Waals surface area contributed by atoms with E-state index in [0.717, 1.165) is 0 Å². The Morgan fingerprint density at radius 3 is 2.11 bits per heavy atom. The molecule has 0 aromatic carbocycles. The fourth-order valence-electron chi connectivity index (χ4n) is 0.340. The van der Waals surface area contributed by atoms with E-state index in [1.54, 1.807) is 12.1 Å². The van der Waals surface area contributed by atoms with Crippen LogP contribution in [-0.4, -0.2) is 5.84 Å². The maximum Gasteiger partial charge on any atom is 0.140 e. The van der Waals surface area contributed by atoms with E-state index in [4.69, 9.17) is 21.7 Å². The molecule has 0 unspecified atom stereocenters. The van der Waals surface area contributed by atoms with Gasteiger partial charge in [0.05, 0.1) is 18.0 Å². The summed E-state index contributed by atoms with van der Waals surface area (Å²) in [7, 11) is 0. The van der Waals surface area contributed by atoms with Gasteiger partial charge in [-0.05, 0) is 0 Å². The number of nitrogens with one attached hydrogen (secondary N) is 1. The summed E-state index contributed by atoms with van der Waals surface area (Å²) in [5, 5.41) is 23.0. The first-order valence-electron chi connectivity index (χ1n) is 2.33. The van der Waals surface area contributed by atoms with Crippen molar-refractivity contribution in [3.8, 4) is 12.1 Å². The van der Waals surface area contributed by atoms with Gasteiger partial charge in [0, 0.05) is 6.42 Å². The minimum Gasteiger partial charge on any atom is -0.388 e. The highest BCUT2D eigenvalue weighted by Crippen LogP contribution is 1.96. The molecule has 0 saturated heterocycles. The van der Waals surface area contributed by atoms with Crippen molar-refractivity contribution in [3.63, 3.8) is 0 Å². The van der Waals surface area contributed by atoms with E-state index in [0.29, 0.717) is 0 Å². The molecule has 4 nitrogen and oxygen atoms in total. The number of nitriles is 2. The number of hydrogen-bond acceptors (Lipinski definition) is 3. The lowest BCUT2D eigenvalue weighted by molar-refractivity contribution is 0.881. The standard InChI is InChI=1S/C5H6N4/c6-2-4(3-7)1-5(8)9/h4H,1H2,(H3,8,9). The fourth-order valence-corrected chi connectivity index (χ4v) is 0.340. The molecule has 0 rings (SSSR count). The second kappa shape index (κ2) is 3.45. The van der Waals surface area contributed by atoms with Gasteiger partial charge >= 0.3 is 0 Å². The zero-order valence-corrected chi connectivity index (χ0v) is 4.76. The van der Waals surface area contributed by atoms with Gasteiger partial charge in [-0.15, -0.1) is 0 Å². The molecule has 0 atom stereocenters. The van der Waals surface area contributed by atoms with Crippen LogP contribution in [0.2, 0.25) is 0 Å². The number of hydrogen-bond donors (Lipinski definition) is 2. The molecular formula is C5H6N4. The van der Waals surface area contributed by atoms with Gasteiger partial charge in [0.15, 0.2) is 0 Å². The van der Waals surface area contributed by atoms with Crippen LogP contribution in [0.5, 0.6) is 0 Å². The Morgan fingerprint density at radius 1 is 1.56 bits per heavy atom. The first-order chi connectivity index (χ1) is 4.20. The lowest BCUT2D eigenvalue weighted by Gasteiger charge is -1.93. The van der Waals surface area contributed by atoms with E-state index in [9.17, 15) is 0 Å². The first-order valence-corrected chi connectivity index (χ1v) is 2.33. The molecule has 3 N–H and O–H groups in total. The number of rotatable bonds is 2. The Balaban J connectivity index is 3.78. The van der Waals surface area contributed by atoms with Gasteiger partial charge in [-0.1, -0.05) is 0 Å². The Labute approximate surface area is 53.0 Å². The molecule has 0 saturated carbocycles. The normalized spacial score (nSPS) is 7.89. The van der Waals surface area contributed by atoms with Gasteiger partial charge in [-0.25, -0.2) is 0 Å². The molecule has 0 aliphatic rings. The highest BCUT2D eigenvalue weighted by Gasteiger charge is 2.05. The van der Waals surface area contributed by atoms with Crippen LogP contribution in [-0.2, 0) is 0 Å². The second-order valence-corrected chi connectivity index (χ2v) is 1.54. The van der Waals surface area contributed by atoms with Gasteiger partial charge in [0.25, 0.3) is 0 Å². The predicted molar refractivity (Wildman–Crippen MR) is 31.2 cm³/mol. The monoisotopic (exact) mass is 122 g/mol. The highest BCUT2D eigenvalue weighted by atomic mass is 14.7. The van der Waals surface area contributed by atoms with Crippen molar-refractivity contribution in [1.82, 2.24) is 0 Å². The van der Waals surface area contributed by atoms with Crippen LogP contribution < -0.4 is 5.73 Å². The van der Waals surface area contributed by atoms with Gasteiger partial charge in [0.2, 0.25) is 0 Å².